The summed E-state index contributed by atoms with van der Waals surface area (Å²) >= 11 is 1.30. The third-order valence-electron chi connectivity index (χ3n) is 1.97. The summed E-state index contributed by atoms with van der Waals surface area (Å²) in [6.45, 7) is 2.09. The van der Waals surface area contributed by atoms with Crippen LogP contribution in [0.4, 0.5) is 4.39 Å². The largest absolute Gasteiger partial charge is 0.465 e. The van der Waals surface area contributed by atoms with Crippen LogP contribution < -0.4 is 0 Å². The molecule has 0 N–H and O–H groups in total. The maximum Gasteiger partial charge on any atom is 0.315 e. The highest BCUT2D eigenvalue weighted by molar-refractivity contribution is 7.99. The SMILES string of the molecule is CCOC(=O)CSCc1cc(F)ccc1C#N. The molecule has 0 bridgehead atoms. The molecule has 0 radical (unpaired) electrons. The fourth-order valence-electron chi connectivity index (χ4n) is 1.24. The van der Waals surface area contributed by atoms with Gasteiger partial charge in [-0.25, -0.2) is 4.39 Å². The fraction of sp³-hybridized carbons (Fsp3) is 0.333. The third-order valence-corrected chi connectivity index (χ3v) is 2.93. The molecule has 0 amide bonds. The second-order valence-electron chi connectivity index (χ2n) is 3.21. The van der Waals surface area contributed by atoms with E-state index >= 15 is 0 Å². The first-order valence-electron chi connectivity index (χ1n) is 5.09. The Hall–Kier alpha value is -1.54. The number of thioether (sulfide) groups is 1. The van der Waals surface area contributed by atoms with E-state index in [1.54, 1.807) is 6.92 Å². The van der Waals surface area contributed by atoms with Crippen molar-refractivity contribution in [2.24, 2.45) is 0 Å². The standard InChI is InChI=1S/C12H12FNO2S/c1-2-16-12(15)8-17-7-10-5-11(13)4-3-9(10)6-14/h3-5H,2,7-8H2,1H3. The molecule has 1 aromatic rings. The lowest BCUT2D eigenvalue weighted by Crippen LogP contribution is -2.06. The number of esters is 1. The number of hydrogen-bond acceptors (Lipinski definition) is 4. The van der Waals surface area contributed by atoms with Crippen LogP contribution >= 0.6 is 11.8 Å². The van der Waals surface area contributed by atoms with Crippen molar-refractivity contribution in [3.05, 3.63) is 35.1 Å². The van der Waals surface area contributed by atoms with E-state index in [-0.39, 0.29) is 17.5 Å². The number of carbonyl (C=O) groups is 1. The van der Waals surface area contributed by atoms with Crippen LogP contribution in [0.3, 0.4) is 0 Å². The molecule has 0 aliphatic carbocycles. The van der Waals surface area contributed by atoms with E-state index in [1.165, 1.54) is 30.0 Å². The molecular formula is C12H12FNO2S. The minimum absolute atomic E-state index is 0.204. The Morgan fingerprint density at radius 2 is 2.35 bits per heavy atom. The minimum atomic E-state index is -0.379. The highest BCUT2D eigenvalue weighted by atomic mass is 32.2. The highest BCUT2D eigenvalue weighted by Gasteiger charge is 2.06. The van der Waals surface area contributed by atoms with Gasteiger partial charge in [-0.05, 0) is 30.7 Å². The summed E-state index contributed by atoms with van der Waals surface area (Å²) in [6, 6.07) is 5.99. The van der Waals surface area contributed by atoms with E-state index < -0.39 is 0 Å². The van der Waals surface area contributed by atoms with Crippen LogP contribution in [-0.4, -0.2) is 18.3 Å². The Morgan fingerprint density at radius 1 is 1.59 bits per heavy atom. The summed E-state index contributed by atoms with van der Waals surface area (Å²) < 4.78 is 17.7. The zero-order chi connectivity index (χ0) is 12.7. The predicted octanol–water partition coefficient (Wildman–Crippen LogP) is 2.49. The van der Waals surface area contributed by atoms with Gasteiger partial charge in [0.15, 0.2) is 0 Å². The van der Waals surface area contributed by atoms with Crippen LogP contribution in [0, 0.1) is 17.1 Å². The van der Waals surface area contributed by atoms with Gasteiger partial charge in [0.2, 0.25) is 0 Å². The van der Waals surface area contributed by atoms with Gasteiger partial charge in [0, 0.05) is 5.75 Å². The van der Waals surface area contributed by atoms with E-state index in [1.807, 2.05) is 6.07 Å². The minimum Gasteiger partial charge on any atom is -0.465 e. The van der Waals surface area contributed by atoms with Crippen molar-refractivity contribution >= 4 is 17.7 Å². The smallest absolute Gasteiger partial charge is 0.315 e. The number of halogens is 1. The lowest BCUT2D eigenvalue weighted by Gasteiger charge is -2.04. The molecule has 0 aromatic heterocycles. The number of ether oxygens (including phenoxy) is 1. The fourth-order valence-corrected chi connectivity index (χ4v) is 2.05. The van der Waals surface area contributed by atoms with Gasteiger partial charge in [-0.2, -0.15) is 5.26 Å². The van der Waals surface area contributed by atoms with Gasteiger partial charge in [-0.1, -0.05) is 0 Å². The van der Waals surface area contributed by atoms with E-state index in [0.29, 0.717) is 23.5 Å². The van der Waals surface area contributed by atoms with Gasteiger partial charge in [-0.15, -0.1) is 11.8 Å². The average Bonchev–Trinajstić information content (AvgIpc) is 2.30. The molecule has 5 heteroatoms. The van der Waals surface area contributed by atoms with E-state index in [4.69, 9.17) is 10.00 Å². The Labute approximate surface area is 104 Å². The van der Waals surface area contributed by atoms with Crippen LogP contribution in [0.25, 0.3) is 0 Å². The monoisotopic (exact) mass is 253 g/mol. The van der Waals surface area contributed by atoms with Crippen molar-refractivity contribution in [1.29, 1.82) is 5.26 Å². The summed E-state index contributed by atoms with van der Waals surface area (Å²) in [7, 11) is 0. The Morgan fingerprint density at radius 3 is 3.00 bits per heavy atom. The number of carbonyl (C=O) groups excluding carboxylic acids is 1. The van der Waals surface area contributed by atoms with Gasteiger partial charge >= 0.3 is 5.97 Å². The molecule has 0 saturated heterocycles. The molecule has 0 fully saturated rings. The van der Waals surface area contributed by atoms with Crippen LogP contribution in [0.1, 0.15) is 18.1 Å². The van der Waals surface area contributed by atoms with Crippen molar-refractivity contribution < 1.29 is 13.9 Å². The van der Waals surface area contributed by atoms with Gasteiger partial charge in [0.05, 0.1) is 24.0 Å². The second kappa shape index (κ2) is 6.92. The summed E-state index contributed by atoms with van der Waals surface area (Å²) in [5.41, 5.74) is 1.03. The lowest BCUT2D eigenvalue weighted by molar-refractivity contribution is -0.139. The Balaban J connectivity index is 2.54. The maximum atomic E-state index is 13.0. The first-order valence-corrected chi connectivity index (χ1v) is 6.24. The number of rotatable bonds is 5. The van der Waals surface area contributed by atoms with Crippen LogP contribution in [-0.2, 0) is 15.3 Å². The Bertz CT molecular complexity index is 443. The summed E-state index contributed by atoms with van der Waals surface area (Å²) in [5.74, 6) is -0.0579. The maximum absolute atomic E-state index is 13.0. The molecular weight excluding hydrogens is 241 g/mol. The first-order chi connectivity index (χ1) is 8.17. The average molecular weight is 253 g/mol. The van der Waals surface area contributed by atoms with Gasteiger partial charge in [-0.3, -0.25) is 4.79 Å². The van der Waals surface area contributed by atoms with Crippen LogP contribution in [0.15, 0.2) is 18.2 Å². The van der Waals surface area contributed by atoms with Crippen molar-refractivity contribution in [3.63, 3.8) is 0 Å². The molecule has 0 aliphatic rings. The zero-order valence-corrected chi connectivity index (χ0v) is 10.2. The Kier molecular flexibility index (Phi) is 5.50. The van der Waals surface area contributed by atoms with Gasteiger partial charge in [0.1, 0.15) is 5.82 Å². The van der Waals surface area contributed by atoms with Crippen LogP contribution in [0.2, 0.25) is 0 Å². The topological polar surface area (TPSA) is 50.1 Å². The number of nitrogens with zero attached hydrogens (tertiary/aromatic N) is 1. The summed E-state index contributed by atoms with van der Waals surface area (Å²) in [5, 5.41) is 8.83. The molecule has 90 valence electrons. The molecule has 0 unspecified atom stereocenters. The molecule has 0 saturated carbocycles. The van der Waals surface area contributed by atoms with Crippen molar-refractivity contribution in [3.8, 4) is 6.07 Å². The highest BCUT2D eigenvalue weighted by Crippen LogP contribution is 2.17. The summed E-state index contributed by atoms with van der Waals surface area (Å²) in [6.07, 6.45) is 0. The van der Waals surface area contributed by atoms with Crippen molar-refractivity contribution in [2.45, 2.75) is 12.7 Å². The molecule has 1 rings (SSSR count). The predicted molar refractivity (Wildman–Crippen MR) is 63.9 cm³/mol. The van der Waals surface area contributed by atoms with E-state index in [2.05, 4.69) is 0 Å². The molecule has 0 heterocycles. The van der Waals surface area contributed by atoms with Crippen molar-refractivity contribution in [1.82, 2.24) is 0 Å². The molecule has 17 heavy (non-hydrogen) atoms. The van der Waals surface area contributed by atoms with Gasteiger partial charge in [0.25, 0.3) is 0 Å². The molecule has 0 aliphatic heterocycles. The van der Waals surface area contributed by atoms with E-state index in [9.17, 15) is 9.18 Å². The van der Waals surface area contributed by atoms with Crippen LogP contribution in [0.5, 0.6) is 0 Å². The van der Waals surface area contributed by atoms with E-state index in [0.717, 1.165) is 0 Å². The third kappa shape index (κ3) is 4.45. The molecule has 3 nitrogen and oxygen atoms in total. The quantitative estimate of drug-likeness (QED) is 0.756. The second-order valence-corrected chi connectivity index (χ2v) is 4.20. The number of benzene rings is 1. The number of nitriles is 1. The molecule has 0 spiro atoms. The first kappa shape index (κ1) is 13.5. The van der Waals surface area contributed by atoms with Gasteiger partial charge < -0.3 is 4.74 Å². The zero-order valence-electron chi connectivity index (χ0n) is 9.40. The summed E-state index contributed by atoms with van der Waals surface area (Å²) in [4.78, 5) is 11.1. The lowest BCUT2D eigenvalue weighted by atomic mass is 10.1. The number of hydrogen-bond donors (Lipinski definition) is 0. The van der Waals surface area contributed by atoms with Crippen molar-refractivity contribution in [2.75, 3.05) is 12.4 Å². The molecule has 1 aromatic carbocycles. The molecule has 0 atom stereocenters. The normalized spacial score (nSPS) is 9.71.